The molecule has 0 radical (unpaired) electrons. The molecule has 58 valence electrons. The molecule has 0 saturated heterocycles. The van der Waals surface area contributed by atoms with E-state index in [1.54, 1.807) is 6.92 Å². The van der Waals surface area contributed by atoms with Crippen molar-refractivity contribution < 1.29 is 9.53 Å². The summed E-state index contributed by atoms with van der Waals surface area (Å²) in [7, 11) is 0. The van der Waals surface area contributed by atoms with Crippen LogP contribution < -0.4 is 0 Å². The summed E-state index contributed by atoms with van der Waals surface area (Å²) >= 11 is 0. The SMILES string of the molecule is CC=C[C@H](C)C(=O)OCC. The van der Waals surface area contributed by atoms with E-state index < -0.39 is 0 Å². The lowest BCUT2D eigenvalue weighted by Crippen LogP contribution is -2.12. The molecule has 0 aliphatic heterocycles. The van der Waals surface area contributed by atoms with Crippen molar-refractivity contribution in [2.24, 2.45) is 5.92 Å². The van der Waals surface area contributed by atoms with Gasteiger partial charge < -0.3 is 4.74 Å². The molecule has 2 nitrogen and oxygen atoms in total. The van der Waals surface area contributed by atoms with Crippen LogP contribution in [-0.2, 0) is 9.53 Å². The lowest BCUT2D eigenvalue weighted by atomic mass is 10.2. The number of esters is 1. The lowest BCUT2D eigenvalue weighted by molar-refractivity contribution is -0.145. The number of hydrogen-bond donors (Lipinski definition) is 0. The second kappa shape index (κ2) is 5.03. The third-order valence-corrected chi connectivity index (χ3v) is 1.14. The standard InChI is InChI=1S/C8H14O2/c1-4-6-7(3)8(9)10-5-2/h4,6-7H,5H2,1-3H3/t7-/m0/s1. The summed E-state index contributed by atoms with van der Waals surface area (Å²) in [6.45, 7) is 5.97. The molecule has 0 amide bonds. The molecule has 0 aromatic rings. The van der Waals surface area contributed by atoms with Gasteiger partial charge in [0.2, 0.25) is 0 Å². The van der Waals surface area contributed by atoms with Gasteiger partial charge in [0.25, 0.3) is 0 Å². The van der Waals surface area contributed by atoms with Crippen LogP contribution in [0.1, 0.15) is 20.8 Å². The Kier molecular flexibility index (Phi) is 4.63. The van der Waals surface area contributed by atoms with Crippen molar-refractivity contribution in [3.63, 3.8) is 0 Å². The van der Waals surface area contributed by atoms with E-state index in [9.17, 15) is 4.79 Å². The Morgan fingerprint density at radius 1 is 1.70 bits per heavy atom. The van der Waals surface area contributed by atoms with Crippen molar-refractivity contribution in [3.8, 4) is 0 Å². The van der Waals surface area contributed by atoms with Crippen LogP contribution in [0.25, 0.3) is 0 Å². The molecule has 0 rings (SSSR count). The normalized spacial score (nSPS) is 13.5. The van der Waals surface area contributed by atoms with Gasteiger partial charge in [-0.1, -0.05) is 12.2 Å². The van der Waals surface area contributed by atoms with Crippen LogP contribution >= 0.6 is 0 Å². The number of carbonyl (C=O) groups is 1. The summed E-state index contributed by atoms with van der Waals surface area (Å²) in [6, 6.07) is 0. The smallest absolute Gasteiger partial charge is 0.312 e. The van der Waals surface area contributed by atoms with Gasteiger partial charge in [0.15, 0.2) is 0 Å². The highest BCUT2D eigenvalue weighted by atomic mass is 16.5. The van der Waals surface area contributed by atoms with Gasteiger partial charge in [0.05, 0.1) is 12.5 Å². The highest BCUT2D eigenvalue weighted by Crippen LogP contribution is 1.99. The number of carbonyl (C=O) groups excluding carboxylic acids is 1. The Morgan fingerprint density at radius 3 is 2.70 bits per heavy atom. The van der Waals surface area contributed by atoms with Gasteiger partial charge in [-0.3, -0.25) is 4.79 Å². The number of rotatable bonds is 3. The first-order valence-electron chi connectivity index (χ1n) is 3.51. The molecule has 0 unspecified atom stereocenters. The van der Waals surface area contributed by atoms with E-state index in [0.29, 0.717) is 6.61 Å². The summed E-state index contributed by atoms with van der Waals surface area (Å²) in [5.41, 5.74) is 0. The van der Waals surface area contributed by atoms with Gasteiger partial charge in [0.1, 0.15) is 0 Å². The first-order chi connectivity index (χ1) is 4.72. The summed E-state index contributed by atoms with van der Waals surface area (Å²) in [5.74, 6) is -0.259. The minimum absolute atomic E-state index is 0.107. The molecule has 10 heavy (non-hydrogen) atoms. The monoisotopic (exact) mass is 142 g/mol. The van der Waals surface area contributed by atoms with E-state index in [0.717, 1.165) is 0 Å². The topological polar surface area (TPSA) is 26.3 Å². The summed E-state index contributed by atoms with van der Waals surface area (Å²) in [6.07, 6.45) is 3.67. The summed E-state index contributed by atoms with van der Waals surface area (Å²) in [5, 5.41) is 0. The quantitative estimate of drug-likeness (QED) is 0.443. The molecule has 1 atom stereocenters. The van der Waals surface area contributed by atoms with Crippen molar-refractivity contribution in [2.75, 3.05) is 6.61 Å². The largest absolute Gasteiger partial charge is 0.466 e. The number of ether oxygens (including phenoxy) is 1. The maximum absolute atomic E-state index is 10.9. The molecule has 0 aromatic heterocycles. The van der Waals surface area contributed by atoms with Gasteiger partial charge in [-0.15, -0.1) is 0 Å². The van der Waals surface area contributed by atoms with Crippen molar-refractivity contribution in [1.82, 2.24) is 0 Å². The molecule has 0 saturated carbocycles. The van der Waals surface area contributed by atoms with Gasteiger partial charge in [-0.2, -0.15) is 0 Å². The van der Waals surface area contributed by atoms with E-state index in [2.05, 4.69) is 0 Å². The van der Waals surface area contributed by atoms with Crippen LogP contribution in [0.4, 0.5) is 0 Å². The molecule has 0 N–H and O–H groups in total. The molecule has 0 spiro atoms. The van der Waals surface area contributed by atoms with Crippen molar-refractivity contribution in [3.05, 3.63) is 12.2 Å². The zero-order valence-corrected chi connectivity index (χ0v) is 6.76. The molecule has 0 bridgehead atoms. The molecule has 0 aliphatic carbocycles. The van der Waals surface area contributed by atoms with Crippen LogP contribution in [0.5, 0.6) is 0 Å². The lowest BCUT2D eigenvalue weighted by Gasteiger charge is -2.03. The fourth-order valence-corrected chi connectivity index (χ4v) is 0.641. The van der Waals surface area contributed by atoms with E-state index in [4.69, 9.17) is 4.74 Å². The Balaban J connectivity index is 3.70. The Bertz CT molecular complexity index is 127. The maximum Gasteiger partial charge on any atom is 0.312 e. The third-order valence-electron chi connectivity index (χ3n) is 1.14. The molecule has 0 fully saturated rings. The van der Waals surface area contributed by atoms with Gasteiger partial charge in [-0.25, -0.2) is 0 Å². The zero-order chi connectivity index (χ0) is 7.98. The summed E-state index contributed by atoms with van der Waals surface area (Å²) in [4.78, 5) is 10.9. The molecule has 0 aromatic carbocycles. The molecular weight excluding hydrogens is 128 g/mol. The average molecular weight is 142 g/mol. The van der Waals surface area contributed by atoms with Crippen LogP contribution in [0.3, 0.4) is 0 Å². The number of hydrogen-bond acceptors (Lipinski definition) is 2. The summed E-state index contributed by atoms with van der Waals surface area (Å²) < 4.78 is 4.77. The van der Waals surface area contributed by atoms with Crippen molar-refractivity contribution in [2.45, 2.75) is 20.8 Å². The van der Waals surface area contributed by atoms with Crippen LogP contribution in [0.2, 0.25) is 0 Å². The molecule has 0 aliphatic rings. The Morgan fingerprint density at radius 2 is 2.30 bits per heavy atom. The predicted octanol–water partition coefficient (Wildman–Crippen LogP) is 1.76. The predicted molar refractivity (Wildman–Crippen MR) is 40.6 cm³/mol. The van der Waals surface area contributed by atoms with Crippen molar-refractivity contribution in [1.29, 1.82) is 0 Å². The minimum atomic E-state index is -0.152. The Hall–Kier alpha value is -0.790. The fraction of sp³-hybridized carbons (Fsp3) is 0.625. The van der Waals surface area contributed by atoms with Crippen molar-refractivity contribution >= 4 is 5.97 Å². The highest BCUT2D eigenvalue weighted by molar-refractivity contribution is 5.73. The third kappa shape index (κ3) is 3.28. The highest BCUT2D eigenvalue weighted by Gasteiger charge is 2.08. The van der Waals surface area contributed by atoms with E-state index in [1.807, 2.05) is 26.0 Å². The fourth-order valence-electron chi connectivity index (χ4n) is 0.641. The maximum atomic E-state index is 10.9. The second-order valence-electron chi connectivity index (χ2n) is 2.07. The zero-order valence-electron chi connectivity index (χ0n) is 6.76. The first-order valence-corrected chi connectivity index (χ1v) is 3.51. The van der Waals surface area contributed by atoms with Gasteiger partial charge in [-0.05, 0) is 20.8 Å². The van der Waals surface area contributed by atoms with E-state index in [1.165, 1.54) is 0 Å². The van der Waals surface area contributed by atoms with Crippen LogP contribution in [0.15, 0.2) is 12.2 Å². The van der Waals surface area contributed by atoms with Crippen LogP contribution in [0, 0.1) is 5.92 Å². The Labute approximate surface area is 61.9 Å². The number of allylic oxidation sites excluding steroid dienone is 1. The first kappa shape index (κ1) is 9.21. The van der Waals surface area contributed by atoms with Gasteiger partial charge >= 0.3 is 5.97 Å². The second-order valence-corrected chi connectivity index (χ2v) is 2.07. The van der Waals surface area contributed by atoms with Crippen LogP contribution in [-0.4, -0.2) is 12.6 Å². The van der Waals surface area contributed by atoms with E-state index in [-0.39, 0.29) is 11.9 Å². The van der Waals surface area contributed by atoms with E-state index >= 15 is 0 Å². The minimum Gasteiger partial charge on any atom is -0.466 e. The molecule has 0 heterocycles. The van der Waals surface area contributed by atoms with Gasteiger partial charge in [0, 0.05) is 0 Å². The molecule has 2 heteroatoms. The average Bonchev–Trinajstić information content (AvgIpc) is 1.89. The molecular formula is C8H14O2.